The predicted molar refractivity (Wildman–Crippen MR) is 230 cm³/mol. The molecule has 0 spiro atoms. The Labute approximate surface area is 361 Å². The number of ether oxygens (including phenoxy) is 6. The molecule has 1 rings (SSSR count). The minimum absolute atomic E-state index is 0.0161. The van der Waals surface area contributed by atoms with E-state index < -0.39 is 71.6 Å². The zero-order valence-electron chi connectivity index (χ0n) is 38.6. The number of hydrogen-bond donors (Lipinski definition) is 2. The summed E-state index contributed by atoms with van der Waals surface area (Å²) in [5.74, 6) is -2.27. The van der Waals surface area contributed by atoms with E-state index in [4.69, 9.17) is 28.4 Å². The Bertz CT molecular complexity index is 1140. The number of carbonyl (C=O) groups excluding carboxylic acids is 6. The number of carbonyl (C=O) groups is 6. The SMILES string of the molecule is CCCCCCCCCCOC(=O)[C@H](CCC(=O)OC1CCC(OC(=O)CC[C@H](NC(=O)OC(C)(C)C)C(=O)OCCCCCCCCCC)CC1)NC(=O)OC(C)(C)C. The minimum atomic E-state index is -1.08. The van der Waals surface area contributed by atoms with Gasteiger partial charge in [0, 0.05) is 12.8 Å². The summed E-state index contributed by atoms with van der Waals surface area (Å²) in [6.07, 6.45) is 16.9. The smallest absolute Gasteiger partial charge is 0.408 e. The van der Waals surface area contributed by atoms with Crippen LogP contribution in [0.2, 0.25) is 0 Å². The van der Waals surface area contributed by atoms with E-state index >= 15 is 0 Å². The summed E-state index contributed by atoms with van der Waals surface area (Å²) in [5, 5.41) is 5.11. The molecule has 14 nitrogen and oxygen atoms in total. The van der Waals surface area contributed by atoms with Crippen molar-refractivity contribution in [3.8, 4) is 0 Å². The lowest BCUT2D eigenvalue weighted by Crippen LogP contribution is -2.44. The second kappa shape index (κ2) is 31.3. The summed E-state index contributed by atoms with van der Waals surface area (Å²) in [6, 6.07) is -2.15. The maximum atomic E-state index is 13.0. The normalized spacial score (nSPS) is 16.5. The van der Waals surface area contributed by atoms with Crippen LogP contribution in [-0.2, 0) is 47.6 Å². The Balaban J connectivity index is 2.56. The molecule has 0 bridgehead atoms. The van der Waals surface area contributed by atoms with Gasteiger partial charge in [0.1, 0.15) is 35.5 Å². The van der Waals surface area contributed by atoms with Crippen LogP contribution >= 0.6 is 0 Å². The predicted octanol–water partition coefficient (Wildman–Crippen LogP) is 10.1. The van der Waals surface area contributed by atoms with Crippen LogP contribution in [0.5, 0.6) is 0 Å². The third kappa shape index (κ3) is 29.6. The molecule has 348 valence electrons. The van der Waals surface area contributed by atoms with E-state index in [2.05, 4.69) is 24.5 Å². The van der Waals surface area contributed by atoms with Crippen molar-refractivity contribution < 1.29 is 57.2 Å². The molecule has 0 aromatic rings. The molecule has 1 aliphatic rings. The van der Waals surface area contributed by atoms with Crippen LogP contribution in [0, 0.1) is 0 Å². The molecule has 1 saturated carbocycles. The Morgan fingerprint density at radius 2 is 0.783 bits per heavy atom. The van der Waals surface area contributed by atoms with E-state index in [0.717, 1.165) is 51.4 Å². The highest BCUT2D eigenvalue weighted by atomic mass is 16.6. The lowest BCUT2D eigenvalue weighted by Gasteiger charge is -2.28. The highest BCUT2D eigenvalue weighted by Crippen LogP contribution is 2.25. The lowest BCUT2D eigenvalue weighted by atomic mass is 9.95. The highest BCUT2D eigenvalue weighted by Gasteiger charge is 2.31. The van der Waals surface area contributed by atoms with Gasteiger partial charge in [-0.3, -0.25) is 9.59 Å². The standard InChI is InChI=1S/C46H82N2O12/c1-9-11-13-15-17-19-21-23-33-55-41(51)37(47-43(53)59-45(3,4)5)29-31-39(49)57-35-25-27-36(28-26-35)58-40(50)32-30-38(48-44(54)60-46(6,7)8)42(52)56-34-24-22-20-18-16-14-12-10-2/h35-38H,9-34H2,1-8H3,(H,47,53)(H,48,54)/t35?,36?,37-,38-/m0/s1. The highest BCUT2D eigenvalue weighted by molar-refractivity contribution is 5.83. The summed E-state index contributed by atoms with van der Waals surface area (Å²) in [7, 11) is 0. The van der Waals surface area contributed by atoms with Crippen LogP contribution in [0.1, 0.15) is 209 Å². The van der Waals surface area contributed by atoms with Crippen molar-refractivity contribution >= 4 is 36.1 Å². The molecule has 60 heavy (non-hydrogen) atoms. The fraction of sp³-hybridized carbons (Fsp3) is 0.870. The van der Waals surface area contributed by atoms with E-state index in [1.807, 2.05) is 0 Å². The number of amides is 2. The molecule has 2 amide bonds. The summed E-state index contributed by atoms with van der Waals surface area (Å²) < 4.78 is 33.0. The fourth-order valence-corrected chi connectivity index (χ4v) is 6.70. The van der Waals surface area contributed by atoms with E-state index in [9.17, 15) is 28.8 Å². The van der Waals surface area contributed by atoms with Gasteiger partial charge in [0.05, 0.1) is 13.2 Å². The van der Waals surface area contributed by atoms with Gasteiger partial charge in [-0.05, 0) is 92.9 Å². The van der Waals surface area contributed by atoms with Gasteiger partial charge in [0.15, 0.2) is 0 Å². The van der Waals surface area contributed by atoms with Gasteiger partial charge in [-0.15, -0.1) is 0 Å². The summed E-state index contributed by atoms with van der Waals surface area (Å²) >= 11 is 0. The van der Waals surface area contributed by atoms with Crippen LogP contribution in [0.25, 0.3) is 0 Å². The molecular weight excluding hydrogens is 773 g/mol. The van der Waals surface area contributed by atoms with Gasteiger partial charge < -0.3 is 39.1 Å². The van der Waals surface area contributed by atoms with Gasteiger partial charge in [-0.1, -0.05) is 104 Å². The first-order valence-electron chi connectivity index (χ1n) is 23.1. The maximum absolute atomic E-state index is 13.0. The van der Waals surface area contributed by atoms with Crippen LogP contribution in [0.4, 0.5) is 9.59 Å². The third-order valence-corrected chi connectivity index (χ3v) is 9.93. The number of nitrogens with one attached hydrogen (secondary N) is 2. The van der Waals surface area contributed by atoms with Crippen LogP contribution in [-0.4, -0.2) is 84.8 Å². The molecule has 1 fully saturated rings. The molecular formula is C46H82N2O12. The molecule has 14 heteroatoms. The molecule has 1 aliphatic carbocycles. The Morgan fingerprint density at radius 3 is 1.08 bits per heavy atom. The quantitative estimate of drug-likeness (QED) is 0.0397. The Hall–Kier alpha value is -3.58. The number of unbranched alkanes of at least 4 members (excludes halogenated alkanes) is 14. The van der Waals surface area contributed by atoms with Crippen LogP contribution in [0.15, 0.2) is 0 Å². The number of hydrogen-bond acceptors (Lipinski definition) is 12. The zero-order chi connectivity index (χ0) is 44.8. The number of esters is 4. The van der Waals surface area contributed by atoms with Crippen molar-refractivity contribution in [2.24, 2.45) is 0 Å². The molecule has 0 aromatic heterocycles. The fourth-order valence-electron chi connectivity index (χ4n) is 6.70. The first-order valence-corrected chi connectivity index (χ1v) is 23.1. The molecule has 0 aliphatic heterocycles. The average Bonchev–Trinajstić information content (AvgIpc) is 3.16. The van der Waals surface area contributed by atoms with E-state index in [-0.39, 0.29) is 38.9 Å². The average molecular weight is 855 g/mol. The van der Waals surface area contributed by atoms with Crippen molar-refractivity contribution in [3.63, 3.8) is 0 Å². The first-order chi connectivity index (χ1) is 28.4. The lowest BCUT2D eigenvalue weighted by molar-refractivity contribution is -0.159. The second-order valence-electron chi connectivity index (χ2n) is 18.1. The van der Waals surface area contributed by atoms with Gasteiger partial charge in [-0.2, -0.15) is 0 Å². The molecule has 0 saturated heterocycles. The molecule has 0 heterocycles. The topological polar surface area (TPSA) is 182 Å². The molecule has 2 atom stereocenters. The third-order valence-electron chi connectivity index (χ3n) is 9.93. The van der Waals surface area contributed by atoms with Gasteiger partial charge >= 0.3 is 36.1 Å². The summed E-state index contributed by atoms with van der Waals surface area (Å²) in [6.45, 7) is 15.1. The number of rotatable bonds is 30. The molecule has 2 N–H and O–H groups in total. The van der Waals surface area contributed by atoms with Gasteiger partial charge in [-0.25, -0.2) is 19.2 Å². The molecule has 0 aromatic carbocycles. The summed E-state index contributed by atoms with van der Waals surface area (Å²) in [4.78, 5) is 76.7. The second-order valence-corrected chi connectivity index (χ2v) is 18.1. The zero-order valence-corrected chi connectivity index (χ0v) is 38.6. The van der Waals surface area contributed by atoms with Crippen molar-refractivity contribution in [2.75, 3.05) is 13.2 Å². The van der Waals surface area contributed by atoms with Crippen molar-refractivity contribution in [1.29, 1.82) is 0 Å². The first kappa shape index (κ1) is 54.4. The van der Waals surface area contributed by atoms with E-state index in [1.165, 1.54) is 51.4 Å². The van der Waals surface area contributed by atoms with Crippen LogP contribution in [0.3, 0.4) is 0 Å². The van der Waals surface area contributed by atoms with Crippen LogP contribution < -0.4 is 10.6 Å². The molecule has 0 unspecified atom stereocenters. The van der Waals surface area contributed by atoms with E-state index in [1.54, 1.807) is 41.5 Å². The summed E-state index contributed by atoms with van der Waals surface area (Å²) in [5.41, 5.74) is -1.55. The van der Waals surface area contributed by atoms with E-state index in [0.29, 0.717) is 25.7 Å². The van der Waals surface area contributed by atoms with Gasteiger partial charge in [0.25, 0.3) is 0 Å². The number of alkyl carbamates (subject to hydrolysis) is 2. The van der Waals surface area contributed by atoms with Crippen molar-refractivity contribution in [2.45, 2.75) is 245 Å². The maximum Gasteiger partial charge on any atom is 0.408 e. The Morgan fingerprint density at radius 1 is 0.483 bits per heavy atom. The minimum Gasteiger partial charge on any atom is -0.464 e. The van der Waals surface area contributed by atoms with Crippen molar-refractivity contribution in [1.82, 2.24) is 10.6 Å². The van der Waals surface area contributed by atoms with Gasteiger partial charge in [0.2, 0.25) is 0 Å². The largest absolute Gasteiger partial charge is 0.464 e. The molecule has 0 radical (unpaired) electrons. The monoisotopic (exact) mass is 855 g/mol. The van der Waals surface area contributed by atoms with Crippen molar-refractivity contribution in [3.05, 3.63) is 0 Å². The Kier molecular flexibility index (Phi) is 28.4.